The van der Waals surface area contributed by atoms with Gasteiger partial charge in [-0.15, -0.1) is 10.2 Å². The molecule has 1 unspecified atom stereocenters. The zero-order valence-corrected chi connectivity index (χ0v) is 18.7. The topological polar surface area (TPSA) is 108 Å². The first-order valence-corrected chi connectivity index (χ1v) is 10.6. The first kappa shape index (κ1) is 21.0. The van der Waals surface area contributed by atoms with Gasteiger partial charge >= 0.3 is 0 Å². The Morgan fingerprint density at radius 3 is 2.67 bits per heavy atom. The summed E-state index contributed by atoms with van der Waals surface area (Å²) in [6.07, 6.45) is 5.45. The Balaban J connectivity index is 1.39. The van der Waals surface area contributed by atoms with Gasteiger partial charge in [-0.05, 0) is 29.8 Å². The van der Waals surface area contributed by atoms with Crippen LogP contribution in [-0.4, -0.2) is 46.7 Å². The number of nitrogens with zero attached hydrogens (tertiary/aromatic N) is 8. The molecular formula is C22H20ClN9O. The van der Waals surface area contributed by atoms with Gasteiger partial charge in [0.05, 0.1) is 24.2 Å². The second kappa shape index (κ2) is 8.93. The lowest BCUT2D eigenvalue weighted by Gasteiger charge is -2.14. The van der Waals surface area contributed by atoms with E-state index in [9.17, 15) is 0 Å². The SMILES string of the molecule is COC(Cc1nnc2cc(-c3ccnc(Nc4ccnn4C)n3)cnn12)c1ccc(Cl)cc1. The van der Waals surface area contributed by atoms with E-state index in [1.54, 1.807) is 34.9 Å². The smallest absolute Gasteiger partial charge is 0.228 e. The first-order valence-electron chi connectivity index (χ1n) is 10.2. The molecule has 0 fully saturated rings. The number of aryl methyl sites for hydroxylation is 1. The van der Waals surface area contributed by atoms with Gasteiger partial charge in [0.15, 0.2) is 11.5 Å². The summed E-state index contributed by atoms with van der Waals surface area (Å²) >= 11 is 6.00. The molecule has 0 amide bonds. The number of fused-ring (bicyclic) bond motifs is 1. The monoisotopic (exact) mass is 461 g/mol. The predicted molar refractivity (Wildman–Crippen MR) is 123 cm³/mol. The Labute approximate surface area is 194 Å². The van der Waals surface area contributed by atoms with Crippen molar-refractivity contribution in [3.8, 4) is 11.3 Å². The van der Waals surface area contributed by atoms with Crippen LogP contribution in [0.4, 0.5) is 11.8 Å². The number of halogens is 1. The molecule has 1 N–H and O–H groups in total. The predicted octanol–water partition coefficient (Wildman–Crippen LogP) is 3.64. The van der Waals surface area contributed by atoms with Gasteiger partial charge in [0.1, 0.15) is 5.82 Å². The van der Waals surface area contributed by atoms with E-state index in [0.29, 0.717) is 34.6 Å². The molecule has 0 spiro atoms. The van der Waals surface area contributed by atoms with Crippen LogP contribution in [0.3, 0.4) is 0 Å². The average Bonchev–Trinajstić information content (AvgIpc) is 3.43. The van der Waals surface area contributed by atoms with Crippen LogP contribution >= 0.6 is 11.6 Å². The fourth-order valence-corrected chi connectivity index (χ4v) is 3.60. The van der Waals surface area contributed by atoms with E-state index in [4.69, 9.17) is 16.3 Å². The van der Waals surface area contributed by atoms with Gasteiger partial charge in [-0.1, -0.05) is 23.7 Å². The van der Waals surface area contributed by atoms with Crippen molar-refractivity contribution >= 4 is 29.0 Å². The molecule has 0 aliphatic rings. The number of nitrogens with one attached hydrogen (secondary N) is 1. The van der Waals surface area contributed by atoms with E-state index in [0.717, 1.165) is 16.9 Å². The fourth-order valence-electron chi connectivity index (χ4n) is 3.48. The molecule has 1 aromatic carbocycles. The third kappa shape index (κ3) is 4.38. The van der Waals surface area contributed by atoms with Gasteiger partial charge in [0.25, 0.3) is 0 Å². The van der Waals surface area contributed by atoms with Gasteiger partial charge in [0, 0.05) is 43.4 Å². The van der Waals surface area contributed by atoms with E-state index in [-0.39, 0.29) is 6.10 Å². The molecule has 5 aromatic rings. The van der Waals surface area contributed by atoms with Crippen molar-refractivity contribution in [1.29, 1.82) is 0 Å². The summed E-state index contributed by atoms with van der Waals surface area (Å²) in [5.74, 6) is 1.94. The molecule has 10 nitrogen and oxygen atoms in total. The van der Waals surface area contributed by atoms with Crippen molar-refractivity contribution < 1.29 is 4.74 Å². The van der Waals surface area contributed by atoms with E-state index in [1.807, 2.05) is 49.5 Å². The van der Waals surface area contributed by atoms with Crippen molar-refractivity contribution in [2.45, 2.75) is 12.5 Å². The summed E-state index contributed by atoms with van der Waals surface area (Å²) < 4.78 is 9.09. The number of methoxy groups -OCH3 is 1. The summed E-state index contributed by atoms with van der Waals surface area (Å²) in [6.45, 7) is 0. The summed E-state index contributed by atoms with van der Waals surface area (Å²) in [5, 5.41) is 21.1. The van der Waals surface area contributed by atoms with Crippen LogP contribution in [0.5, 0.6) is 0 Å². The molecule has 33 heavy (non-hydrogen) atoms. The van der Waals surface area contributed by atoms with Crippen molar-refractivity contribution in [1.82, 2.24) is 39.6 Å². The Morgan fingerprint density at radius 2 is 1.91 bits per heavy atom. The lowest BCUT2D eigenvalue weighted by molar-refractivity contribution is 0.101. The molecule has 0 saturated heterocycles. The van der Waals surface area contributed by atoms with E-state index in [2.05, 4.69) is 35.7 Å². The summed E-state index contributed by atoms with van der Waals surface area (Å²) in [6, 6.07) is 13.1. The quantitative estimate of drug-likeness (QED) is 0.391. The normalized spacial score (nSPS) is 12.2. The molecule has 0 bridgehead atoms. The highest BCUT2D eigenvalue weighted by molar-refractivity contribution is 6.30. The van der Waals surface area contributed by atoms with Crippen LogP contribution in [-0.2, 0) is 18.2 Å². The molecule has 1 atom stereocenters. The van der Waals surface area contributed by atoms with E-state index < -0.39 is 0 Å². The Kier molecular flexibility index (Phi) is 5.68. The standard InChI is InChI=1S/C22H20ClN9O/c1-31-19(8-10-25-31)28-22-24-9-7-17(27-22)15-11-20-29-30-21(32(20)26-13-15)12-18(33-2)14-3-5-16(23)6-4-14/h3-11,13,18H,12H2,1-2H3,(H,24,27,28). The Hall–Kier alpha value is -3.89. The maximum Gasteiger partial charge on any atom is 0.228 e. The summed E-state index contributed by atoms with van der Waals surface area (Å²) in [5.41, 5.74) is 3.14. The van der Waals surface area contributed by atoms with Crippen molar-refractivity contribution in [2.75, 3.05) is 12.4 Å². The Bertz CT molecular complexity index is 1400. The minimum absolute atomic E-state index is 0.196. The lowest BCUT2D eigenvalue weighted by Crippen LogP contribution is -2.09. The molecule has 166 valence electrons. The Morgan fingerprint density at radius 1 is 1.06 bits per heavy atom. The zero-order valence-electron chi connectivity index (χ0n) is 17.9. The highest BCUT2D eigenvalue weighted by Crippen LogP contribution is 2.24. The van der Waals surface area contributed by atoms with Crippen LogP contribution < -0.4 is 5.32 Å². The number of rotatable bonds is 7. The molecule has 0 radical (unpaired) electrons. The molecule has 0 aliphatic carbocycles. The molecule has 0 aliphatic heterocycles. The van der Waals surface area contributed by atoms with Crippen LogP contribution in [0, 0.1) is 0 Å². The van der Waals surface area contributed by atoms with Gasteiger partial charge in [-0.3, -0.25) is 4.68 Å². The van der Waals surface area contributed by atoms with Crippen molar-refractivity contribution in [3.63, 3.8) is 0 Å². The second-order valence-corrected chi connectivity index (χ2v) is 7.78. The number of hydrogen-bond acceptors (Lipinski definition) is 8. The molecular weight excluding hydrogens is 442 g/mol. The summed E-state index contributed by atoms with van der Waals surface area (Å²) in [7, 11) is 3.51. The molecule has 4 heterocycles. The van der Waals surface area contributed by atoms with E-state index in [1.165, 1.54) is 0 Å². The number of benzene rings is 1. The lowest BCUT2D eigenvalue weighted by atomic mass is 10.1. The number of hydrogen-bond donors (Lipinski definition) is 1. The van der Waals surface area contributed by atoms with Crippen LogP contribution in [0.25, 0.3) is 16.9 Å². The molecule has 4 aromatic heterocycles. The maximum atomic E-state index is 6.00. The number of anilines is 2. The fraction of sp³-hybridized carbons (Fsp3) is 0.182. The van der Waals surface area contributed by atoms with Crippen molar-refractivity contribution in [3.05, 3.63) is 77.5 Å². The molecule has 11 heteroatoms. The zero-order chi connectivity index (χ0) is 22.8. The summed E-state index contributed by atoms with van der Waals surface area (Å²) in [4.78, 5) is 8.87. The van der Waals surface area contributed by atoms with Gasteiger partial charge in [-0.2, -0.15) is 14.7 Å². The van der Waals surface area contributed by atoms with Gasteiger partial charge in [0.2, 0.25) is 5.95 Å². The van der Waals surface area contributed by atoms with E-state index >= 15 is 0 Å². The van der Waals surface area contributed by atoms with Crippen LogP contribution in [0.1, 0.15) is 17.5 Å². The highest BCUT2D eigenvalue weighted by Gasteiger charge is 2.17. The number of ether oxygens (including phenoxy) is 1. The average molecular weight is 462 g/mol. The molecule has 0 saturated carbocycles. The van der Waals surface area contributed by atoms with Crippen molar-refractivity contribution in [2.24, 2.45) is 7.05 Å². The highest BCUT2D eigenvalue weighted by atomic mass is 35.5. The second-order valence-electron chi connectivity index (χ2n) is 7.34. The van der Waals surface area contributed by atoms with Gasteiger partial charge < -0.3 is 10.1 Å². The van der Waals surface area contributed by atoms with Crippen LogP contribution in [0.2, 0.25) is 5.02 Å². The largest absolute Gasteiger partial charge is 0.376 e. The number of aromatic nitrogens is 8. The maximum absolute atomic E-state index is 6.00. The van der Waals surface area contributed by atoms with Gasteiger partial charge in [-0.25, -0.2) is 9.97 Å². The third-order valence-corrected chi connectivity index (χ3v) is 5.48. The third-order valence-electron chi connectivity index (χ3n) is 5.23. The molecule has 5 rings (SSSR count). The van der Waals surface area contributed by atoms with Crippen LogP contribution in [0.15, 0.2) is 61.1 Å². The minimum Gasteiger partial charge on any atom is -0.376 e. The first-order chi connectivity index (χ1) is 16.1. The minimum atomic E-state index is -0.196.